The summed E-state index contributed by atoms with van der Waals surface area (Å²) >= 11 is 0. The summed E-state index contributed by atoms with van der Waals surface area (Å²) in [6.45, 7) is 2.12. The molecule has 0 spiro atoms. The molecule has 0 amide bonds. The summed E-state index contributed by atoms with van der Waals surface area (Å²) in [6, 6.07) is 9.50. The summed E-state index contributed by atoms with van der Waals surface area (Å²) < 4.78 is 0. The lowest BCUT2D eigenvalue weighted by molar-refractivity contribution is 0.0697. The molecule has 3 heteroatoms. The van der Waals surface area contributed by atoms with Gasteiger partial charge < -0.3 is 5.11 Å². The van der Waals surface area contributed by atoms with Gasteiger partial charge in [0.1, 0.15) is 0 Å². The van der Waals surface area contributed by atoms with E-state index in [9.17, 15) is 9.90 Å². The highest BCUT2D eigenvalue weighted by Gasteiger charge is 2.11. The van der Waals surface area contributed by atoms with Crippen LogP contribution in [0.5, 0.6) is 0 Å². The Bertz CT molecular complexity index is 564. The van der Waals surface area contributed by atoms with E-state index in [1.807, 2.05) is 18.2 Å². The molecule has 0 bridgehead atoms. The first-order chi connectivity index (χ1) is 8.72. The molecular weight excluding hydrogens is 226 g/mol. The monoisotopic (exact) mass is 241 g/mol. The molecule has 1 aromatic carbocycles. The molecule has 1 aromatic heterocycles. The summed E-state index contributed by atoms with van der Waals surface area (Å²) in [5.74, 6) is -0.923. The van der Waals surface area contributed by atoms with Crippen LogP contribution in [-0.2, 0) is 6.42 Å². The second kappa shape index (κ2) is 5.45. The van der Waals surface area contributed by atoms with Gasteiger partial charge in [0.25, 0.3) is 0 Å². The maximum absolute atomic E-state index is 11.2. The van der Waals surface area contributed by atoms with Crippen LogP contribution in [0, 0.1) is 0 Å². The van der Waals surface area contributed by atoms with Gasteiger partial charge in [0, 0.05) is 18.0 Å². The zero-order valence-electron chi connectivity index (χ0n) is 10.3. The number of nitrogens with zero attached hydrogens (tertiary/aromatic N) is 1. The molecule has 92 valence electrons. The molecule has 3 nitrogen and oxygen atoms in total. The number of aromatic carboxylic acids is 1. The van der Waals surface area contributed by atoms with Crippen molar-refractivity contribution < 1.29 is 9.90 Å². The molecule has 0 aliphatic rings. The Kier molecular flexibility index (Phi) is 3.72. The van der Waals surface area contributed by atoms with Gasteiger partial charge in [0.2, 0.25) is 0 Å². The molecule has 2 rings (SSSR count). The van der Waals surface area contributed by atoms with Gasteiger partial charge in [-0.1, -0.05) is 37.6 Å². The summed E-state index contributed by atoms with van der Waals surface area (Å²) in [6.07, 6.45) is 5.18. The number of hydrogen-bond donors (Lipinski definition) is 1. The van der Waals surface area contributed by atoms with E-state index in [-0.39, 0.29) is 0 Å². The third-order valence-corrected chi connectivity index (χ3v) is 2.83. The fourth-order valence-corrected chi connectivity index (χ4v) is 1.99. The van der Waals surface area contributed by atoms with E-state index in [1.165, 1.54) is 17.8 Å². The van der Waals surface area contributed by atoms with Crippen LogP contribution in [-0.4, -0.2) is 16.1 Å². The van der Waals surface area contributed by atoms with E-state index < -0.39 is 5.97 Å². The fourth-order valence-electron chi connectivity index (χ4n) is 1.99. The zero-order valence-corrected chi connectivity index (χ0v) is 10.3. The average molecular weight is 241 g/mol. The molecule has 1 N–H and O–H groups in total. The first-order valence-corrected chi connectivity index (χ1v) is 5.99. The average Bonchev–Trinajstić information content (AvgIpc) is 2.39. The van der Waals surface area contributed by atoms with Crippen molar-refractivity contribution in [3.05, 3.63) is 53.9 Å². The van der Waals surface area contributed by atoms with Gasteiger partial charge in [-0.15, -0.1) is 0 Å². The van der Waals surface area contributed by atoms with E-state index >= 15 is 0 Å². The molecule has 1 heterocycles. The summed E-state index contributed by atoms with van der Waals surface area (Å²) in [4.78, 5) is 15.2. The van der Waals surface area contributed by atoms with Crippen molar-refractivity contribution in [1.29, 1.82) is 0 Å². The fraction of sp³-hybridized carbons (Fsp3) is 0.200. The number of aromatic nitrogens is 1. The van der Waals surface area contributed by atoms with Crippen molar-refractivity contribution in [3.63, 3.8) is 0 Å². The molecule has 0 fully saturated rings. The Morgan fingerprint density at radius 3 is 2.89 bits per heavy atom. The Hall–Kier alpha value is -2.16. The quantitative estimate of drug-likeness (QED) is 0.892. The normalized spacial score (nSPS) is 10.3. The van der Waals surface area contributed by atoms with Crippen LogP contribution in [0.2, 0.25) is 0 Å². The van der Waals surface area contributed by atoms with Crippen molar-refractivity contribution in [2.75, 3.05) is 0 Å². The minimum Gasteiger partial charge on any atom is -0.478 e. The van der Waals surface area contributed by atoms with E-state index in [2.05, 4.69) is 18.0 Å². The molecule has 0 aliphatic heterocycles. The first-order valence-electron chi connectivity index (χ1n) is 5.99. The van der Waals surface area contributed by atoms with E-state index in [1.54, 1.807) is 6.20 Å². The second-order valence-corrected chi connectivity index (χ2v) is 4.18. The summed E-state index contributed by atoms with van der Waals surface area (Å²) in [5, 5.41) is 9.17. The topological polar surface area (TPSA) is 50.2 Å². The molecule has 0 atom stereocenters. The van der Waals surface area contributed by atoms with Gasteiger partial charge in [0.15, 0.2) is 0 Å². The molecule has 0 saturated heterocycles. The first kappa shape index (κ1) is 12.3. The highest BCUT2D eigenvalue weighted by molar-refractivity contribution is 5.95. The van der Waals surface area contributed by atoms with Crippen molar-refractivity contribution in [2.45, 2.75) is 19.8 Å². The van der Waals surface area contributed by atoms with Gasteiger partial charge in [-0.2, -0.15) is 0 Å². The number of rotatable bonds is 4. The zero-order chi connectivity index (χ0) is 13.0. The van der Waals surface area contributed by atoms with Crippen LogP contribution >= 0.6 is 0 Å². The molecule has 0 unspecified atom stereocenters. The highest BCUT2D eigenvalue weighted by atomic mass is 16.4. The Morgan fingerprint density at radius 1 is 1.33 bits per heavy atom. The van der Waals surface area contributed by atoms with Gasteiger partial charge in [-0.3, -0.25) is 4.98 Å². The minimum atomic E-state index is -0.923. The van der Waals surface area contributed by atoms with Gasteiger partial charge >= 0.3 is 5.97 Å². The maximum atomic E-state index is 11.2. The van der Waals surface area contributed by atoms with Crippen LogP contribution in [0.15, 0.2) is 42.7 Å². The second-order valence-electron chi connectivity index (χ2n) is 4.18. The smallest absolute Gasteiger partial charge is 0.336 e. The summed E-state index contributed by atoms with van der Waals surface area (Å²) in [7, 11) is 0. The van der Waals surface area contributed by atoms with Crippen molar-refractivity contribution >= 4 is 5.97 Å². The largest absolute Gasteiger partial charge is 0.478 e. The Balaban J connectivity index is 2.48. The van der Waals surface area contributed by atoms with Crippen molar-refractivity contribution in [1.82, 2.24) is 4.98 Å². The lowest BCUT2D eigenvalue weighted by atomic mass is 9.99. The molecule has 18 heavy (non-hydrogen) atoms. The number of pyridine rings is 1. The number of benzene rings is 1. The third-order valence-electron chi connectivity index (χ3n) is 2.83. The number of carboxylic acid groups (broad SMARTS) is 1. The molecule has 0 saturated carbocycles. The van der Waals surface area contributed by atoms with Crippen LogP contribution < -0.4 is 0 Å². The molecule has 2 aromatic rings. The third kappa shape index (κ3) is 2.56. The Labute approximate surface area is 106 Å². The standard InChI is InChI=1S/C15H15NO2/c1-2-4-11-5-3-6-12(9-11)14-10-16-8-7-13(14)15(17)18/h3,5-10H,2,4H2,1H3,(H,17,18). The van der Waals surface area contributed by atoms with E-state index in [0.717, 1.165) is 18.4 Å². The predicted molar refractivity (Wildman–Crippen MR) is 70.6 cm³/mol. The van der Waals surface area contributed by atoms with Crippen LogP contribution in [0.1, 0.15) is 29.3 Å². The van der Waals surface area contributed by atoms with E-state index in [4.69, 9.17) is 0 Å². The van der Waals surface area contributed by atoms with Crippen LogP contribution in [0.4, 0.5) is 0 Å². The lowest BCUT2D eigenvalue weighted by Crippen LogP contribution is -2.00. The van der Waals surface area contributed by atoms with Gasteiger partial charge in [0.05, 0.1) is 5.56 Å². The number of aryl methyl sites for hydroxylation is 1. The molecule has 0 aliphatic carbocycles. The van der Waals surface area contributed by atoms with Crippen LogP contribution in [0.3, 0.4) is 0 Å². The van der Waals surface area contributed by atoms with Gasteiger partial charge in [-0.25, -0.2) is 4.79 Å². The lowest BCUT2D eigenvalue weighted by Gasteiger charge is -2.07. The number of carbonyl (C=O) groups is 1. The molecular formula is C15H15NO2. The predicted octanol–water partition coefficient (Wildman–Crippen LogP) is 3.40. The van der Waals surface area contributed by atoms with Crippen molar-refractivity contribution in [2.24, 2.45) is 0 Å². The summed E-state index contributed by atoms with van der Waals surface area (Å²) in [5.41, 5.74) is 3.09. The number of hydrogen-bond acceptors (Lipinski definition) is 2. The highest BCUT2D eigenvalue weighted by Crippen LogP contribution is 2.24. The van der Waals surface area contributed by atoms with Gasteiger partial charge in [-0.05, 0) is 23.6 Å². The maximum Gasteiger partial charge on any atom is 0.336 e. The molecule has 0 radical (unpaired) electrons. The number of carboxylic acids is 1. The SMILES string of the molecule is CCCc1cccc(-c2cnccc2C(=O)O)c1. The van der Waals surface area contributed by atoms with Crippen molar-refractivity contribution in [3.8, 4) is 11.1 Å². The van der Waals surface area contributed by atoms with Crippen LogP contribution in [0.25, 0.3) is 11.1 Å². The Morgan fingerprint density at radius 2 is 2.17 bits per heavy atom. The van der Waals surface area contributed by atoms with E-state index in [0.29, 0.717) is 11.1 Å². The minimum absolute atomic E-state index is 0.290.